The fourth-order valence-electron chi connectivity index (χ4n) is 2.14. The second-order valence-corrected chi connectivity index (χ2v) is 5.11. The third kappa shape index (κ3) is 2.96. The molecule has 114 valence electrons. The van der Waals surface area contributed by atoms with E-state index in [0.29, 0.717) is 33.2 Å². The molecule has 0 radical (unpaired) electrons. The predicted octanol–water partition coefficient (Wildman–Crippen LogP) is 4.04. The van der Waals surface area contributed by atoms with Crippen LogP contribution in [0.5, 0.6) is 11.5 Å². The molecular weight excluding hydrogens is 320 g/mol. The molecule has 0 fully saturated rings. The van der Waals surface area contributed by atoms with Crippen LogP contribution >= 0.6 is 11.6 Å². The van der Waals surface area contributed by atoms with Gasteiger partial charge in [0, 0.05) is 18.2 Å². The van der Waals surface area contributed by atoms with E-state index in [1.54, 1.807) is 18.2 Å². The van der Waals surface area contributed by atoms with Crippen molar-refractivity contribution in [3.8, 4) is 17.6 Å². The minimum atomic E-state index is -0.492. The van der Waals surface area contributed by atoms with E-state index >= 15 is 0 Å². The number of nitro benzene ring substituents is 1. The molecule has 0 saturated carbocycles. The molecule has 0 unspecified atom stereocenters. The highest BCUT2D eigenvalue weighted by atomic mass is 35.5. The largest absolute Gasteiger partial charge is 0.454 e. The number of hydrogen-bond donors (Lipinski definition) is 0. The highest BCUT2D eigenvalue weighted by molar-refractivity contribution is 6.32. The topological polar surface area (TPSA) is 85.4 Å². The van der Waals surface area contributed by atoms with Crippen LogP contribution in [0.15, 0.2) is 36.4 Å². The molecule has 1 heterocycles. The fraction of sp³-hybridized carbons (Fsp3) is 0.0625. The zero-order valence-electron chi connectivity index (χ0n) is 11.7. The van der Waals surface area contributed by atoms with Crippen LogP contribution in [-0.4, -0.2) is 11.7 Å². The van der Waals surface area contributed by atoms with Crippen LogP contribution < -0.4 is 9.47 Å². The van der Waals surface area contributed by atoms with Crippen LogP contribution in [0.1, 0.15) is 11.1 Å². The smallest absolute Gasteiger partial charge is 0.269 e. The van der Waals surface area contributed by atoms with Crippen LogP contribution in [-0.2, 0) is 0 Å². The molecule has 1 aliphatic rings. The van der Waals surface area contributed by atoms with Gasteiger partial charge in [-0.15, -0.1) is 0 Å². The summed E-state index contributed by atoms with van der Waals surface area (Å²) in [5.41, 5.74) is 1.46. The minimum absolute atomic E-state index is 0.0350. The Labute approximate surface area is 136 Å². The summed E-state index contributed by atoms with van der Waals surface area (Å²) in [4.78, 5) is 10.2. The van der Waals surface area contributed by atoms with Crippen LogP contribution in [0.25, 0.3) is 11.6 Å². The molecule has 0 spiro atoms. The maximum atomic E-state index is 10.7. The number of benzene rings is 2. The highest BCUT2D eigenvalue weighted by Crippen LogP contribution is 2.38. The number of non-ortho nitro benzene ring substituents is 1. The molecule has 2 aromatic rings. The van der Waals surface area contributed by atoms with Crippen molar-refractivity contribution in [3.63, 3.8) is 0 Å². The lowest BCUT2D eigenvalue weighted by Gasteiger charge is -2.04. The molecule has 1 aliphatic heterocycles. The van der Waals surface area contributed by atoms with Crippen molar-refractivity contribution in [3.05, 3.63) is 62.7 Å². The van der Waals surface area contributed by atoms with E-state index in [9.17, 15) is 15.4 Å². The quantitative estimate of drug-likeness (QED) is 0.367. The van der Waals surface area contributed by atoms with Crippen LogP contribution in [0.3, 0.4) is 0 Å². The van der Waals surface area contributed by atoms with Gasteiger partial charge in [-0.2, -0.15) is 5.26 Å². The Balaban J connectivity index is 1.99. The van der Waals surface area contributed by atoms with Crippen molar-refractivity contribution in [2.45, 2.75) is 0 Å². The summed E-state index contributed by atoms with van der Waals surface area (Å²) in [6.07, 6.45) is 1.60. The van der Waals surface area contributed by atoms with E-state index in [4.69, 9.17) is 21.1 Å². The van der Waals surface area contributed by atoms with Crippen molar-refractivity contribution in [1.29, 1.82) is 5.26 Å². The summed E-state index contributed by atoms with van der Waals surface area (Å²) >= 11 is 6.18. The summed E-state index contributed by atoms with van der Waals surface area (Å²) in [7, 11) is 0. The van der Waals surface area contributed by atoms with Gasteiger partial charge in [0.15, 0.2) is 11.5 Å². The number of fused-ring (bicyclic) bond motifs is 1. The number of rotatable bonds is 3. The van der Waals surface area contributed by atoms with Crippen LogP contribution in [0.2, 0.25) is 5.02 Å². The predicted molar refractivity (Wildman–Crippen MR) is 84.2 cm³/mol. The zero-order valence-corrected chi connectivity index (χ0v) is 12.4. The Bertz CT molecular complexity index is 854. The number of hydrogen-bond acceptors (Lipinski definition) is 5. The van der Waals surface area contributed by atoms with Crippen molar-refractivity contribution < 1.29 is 14.4 Å². The zero-order chi connectivity index (χ0) is 16.4. The summed E-state index contributed by atoms with van der Waals surface area (Å²) < 4.78 is 10.5. The average Bonchev–Trinajstić information content (AvgIpc) is 2.99. The maximum Gasteiger partial charge on any atom is 0.269 e. The van der Waals surface area contributed by atoms with Gasteiger partial charge in [0.25, 0.3) is 5.69 Å². The first-order valence-corrected chi connectivity index (χ1v) is 6.92. The summed E-state index contributed by atoms with van der Waals surface area (Å²) in [6, 6.07) is 11.1. The molecule has 0 bridgehead atoms. The first kappa shape index (κ1) is 14.9. The Morgan fingerprint density at radius 3 is 2.52 bits per heavy atom. The van der Waals surface area contributed by atoms with E-state index in [1.807, 2.05) is 0 Å². The molecule has 6 nitrogen and oxygen atoms in total. The summed E-state index contributed by atoms with van der Waals surface area (Å²) in [5, 5.41) is 20.5. The molecule has 2 aromatic carbocycles. The van der Waals surface area contributed by atoms with Gasteiger partial charge in [0.1, 0.15) is 0 Å². The Hall–Kier alpha value is -3.04. The number of nitriles is 1. The second kappa shape index (κ2) is 5.99. The maximum absolute atomic E-state index is 10.7. The van der Waals surface area contributed by atoms with Crippen LogP contribution in [0, 0.1) is 21.4 Å². The Morgan fingerprint density at radius 2 is 1.91 bits per heavy atom. The van der Waals surface area contributed by atoms with Gasteiger partial charge >= 0.3 is 0 Å². The van der Waals surface area contributed by atoms with E-state index in [-0.39, 0.29) is 12.5 Å². The third-order valence-corrected chi connectivity index (χ3v) is 3.63. The number of ether oxygens (including phenoxy) is 2. The lowest BCUT2D eigenvalue weighted by molar-refractivity contribution is -0.384. The fourth-order valence-corrected chi connectivity index (χ4v) is 2.35. The van der Waals surface area contributed by atoms with Gasteiger partial charge in [-0.3, -0.25) is 10.1 Å². The van der Waals surface area contributed by atoms with E-state index < -0.39 is 4.92 Å². The number of allylic oxidation sites excluding steroid dienone is 1. The van der Waals surface area contributed by atoms with Crippen molar-refractivity contribution in [2.24, 2.45) is 0 Å². The summed E-state index contributed by atoms with van der Waals surface area (Å²) in [6.45, 7) is 0.131. The molecule has 3 rings (SSSR count). The van der Waals surface area contributed by atoms with E-state index in [1.165, 1.54) is 24.3 Å². The Morgan fingerprint density at radius 1 is 1.26 bits per heavy atom. The third-order valence-electron chi connectivity index (χ3n) is 3.30. The number of halogens is 1. The van der Waals surface area contributed by atoms with Gasteiger partial charge in [-0.1, -0.05) is 11.6 Å². The highest BCUT2D eigenvalue weighted by Gasteiger charge is 2.16. The number of nitrogens with zero attached hydrogens (tertiary/aromatic N) is 2. The lowest BCUT2D eigenvalue weighted by atomic mass is 10.0. The molecule has 0 N–H and O–H groups in total. The van der Waals surface area contributed by atoms with Crippen molar-refractivity contribution in [1.82, 2.24) is 0 Å². The molecule has 0 saturated heterocycles. The molecule has 0 atom stereocenters. The van der Waals surface area contributed by atoms with Crippen molar-refractivity contribution in [2.75, 3.05) is 6.79 Å². The van der Waals surface area contributed by atoms with Gasteiger partial charge in [-0.25, -0.2) is 0 Å². The molecule has 23 heavy (non-hydrogen) atoms. The SMILES string of the molecule is N#C/C(=C/c1cc2c(cc1Cl)OCO2)c1ccc([N+](=O)[O-])cc1. The van der Waals surface area contributed by atoms with Gasteiger partial charge in [-0.05, 0) is 35.4 Å². The molecule has 0 aliphatic carbocycles. The van der Waals surface area contributed by atoms with E-state index in [0.717, 1.165) is 0 Å². The molecule has 0 amide bonds. The normalized spacial score (nSPS) is 12.8. The number of nitro groups is 1. The minimum Gasteiger partial charge on any atom is -0.454 e. The van der Waals surface area contributed by atoms with E-state index in [2.05, 4.69) is 6.07 Å². The second-order valence-electron chi connectivity index (χ2n) is 4.70. The van der Waals surface area contributed by atoms with Crippen LogP contribution in [0.4, 0.5) is 5.69 Å². The van der Waals surface area contributed by atoms with Gasteiger partial charge in [0.05, 0.1) is 21.6 Å². The van der Waals surface area contributed by atoms with Gasteiger partial charge < -0.3 is 9.47 Å². The molecule has 0 aromatic heterocycles. The lowest BCUT2D eigenvalue weighted by Crippen LogP contribution is -1.92. The first-order chi connectivity index (χ1) is 11.1. The molecule has 7 heteroatoms. The van der Waals surface area contributed by atoms with Gasteiger partial charge in [0.2, 0.25) is 6.79 Å². The first-order valence-electron chi connectivity index (χ1n) is 6.54. The standard InChI is InChI=1S/C16H9ClN2O4/c17-14-7-16-15(22-9-23-16)6-11(14)5-12(8-18)10-1-3-13(4-2-10)19(20)21/h1-7H,9H2/b12-5-. The molecular formula is C16H9ClN2O4. The monoisotopic (exact) mass is 328 g/mol. The summed E-state index contributed by atoms with van der Waals surface area (Å²) in [5.74, 6) is 1.11. The average molecular weight is 329 g/mol. The Kier molecular flexibility index (Phi) is 3.87. The van der Waals surface area contributed by atoms with Crippen molar-refractivity contribution >= 4 is 28.9 Å².